The van der Waals surface area contributed by atoms with E-state index in [0.29, 0.717) is 13.1 Å². The molecule has 5 heteroatoms. The summed E-state index contributed by atoms with van der Waals surface area (Å²) < 4.78 is 1.76. The third kappa shape index (κ3) is 2.23. The number of hydrogen-bond donors (Lipinski definition) is 1. The normalized spacial score (nSPS) is 10.7. The molecule has 0 aliphatic heterocycles. The molecule has 1 aromatic heterocycles. The van der Waals surface area contributed by atoms with E-state index in [-0.39, 0.29) is 0 Å². The topological polar surface area (TPSA) is 56.7 Å². The largest absolute Gasteiger partial charge is 0.324 e. The third-order valence-electron chi connectivity index (χ3n) is 2.41. The molecule has 4 nitrogen and oxygen atoms in total. The number of nitrogens with two attached hydrogens (primary N) is 1. The fourth-order valence-corrected chi connectivity index (χ4v) is 1.82. The van der Waals surface area contributed by atoms with Crippen LogP contribution in [0.15, 0.2) is 24.5 Å². The highest BCUT2D eigenvalue weighted by molar-refractivity contribution is 6.31. The van der Waals surface area contributed by atoms with Crippen LogP contribution < -0.4 is 5.73 Å². The molecule has 0 spiro atoms. The number of halogens is 1. The van der Waals surface area contributed by atoms with E-state index in [1.165, 1.54) is 6.33 Å². The number of benzene rings is 1. The highest BCUT2D eigenvalue weighted by Gasteiger charge is 2.06. The maximum absolute atomic E-state index is 6.15. The van der Waals surface area contributed by atoms with Crippen LogP contribution in [-0.2, 0) is 13.1 Å². The summed E-state index contributed by atoms with van der Waals surface area (Å²) in [7, 11) is 0. The molecule has 0 aliphatic rings. The minimum atomic E-state index is 0.378. The van der Waals surface area contributed by atoms with Gasteiger partial charge in [-0.3, -0.25) is 0 Å². The molecular formula is C11H13ClN4. The van der Waals surface area contributed by atoms with Crippen LogP contribution in [0.1, 0.15) is 17.0 Å². The van der Waals surface area contributed by atoms with E-state index in [2.05, 4.69) is 10.1 Å². The van der Waals surface area contributed by atoms with Crippen LogP contribution in [-0.4, -0.2) is 14.8 Å². The lowest BCUT2D eigenvalue weighted by Gasteiger charge is -2.07. The van der Waals surface area contributed by atoms with Gasteiger partial charge < -0.3 is 5.73 Å². The molecule has 0 saturated heterocycles. The highest BCUT2D eigenvalue weighted by atomic mass is 35.5. The second-order valence-corrected chi connectivity index (χ2v) is 4.04. The summed E-state index contributed by atoms with van der Waals surface area (Å²) in [5.41, 5.74) is 7.72. The molecule has 16 heavy (non-hydrogen) atoms. The molecule has 84 valence electrons. The first-order valence-corrected chi connectivity index (χ1v) is 5.40. The molecule has 2 aromatic rings. The van der Waals surface area contributed by atoms with E-state index in [1.54, 1.807) is 4.68 Å². The fourth-order valence-electron chi connectivity index (χ4n) is 1.52. The molecule has 0 aliphatic carbocycles. The van der Waals surface area contributed by atoms with Gasteiger partial charge in [0.05, 0.1) is 13.1 Å². The summed E-state index contributed by atoms with van der Waals surface area (Å²) in [5, 5.41) is 4.86. The Morgan fingerprint density at radius 3 is 2.94 bits per heavy atom. The Morgan fingerprint density at radius 2 is 2.25 bits per heavy atom. The number of aryl methyl sites for hydroxylation is 1. The number of nitrogens with zero attached hydrogens (tertiary/aromatic N) is 3. The van der Waals surface area contributed by atoms with Crippen LogP contribution in [0, 0.1) is 6.92 Å². The van der Waals surface area contributed by atoms with E-state index in [4.69, 9.17) is 17.3 Å². The van der Waals surface area contributed by atoms with Gasteiger partial charge in [0.15, 0.2) is 0 Å². The Bertz CT molecular complexity index is 492. The summed E-state index contributed by atoms with van der Waals surface area (Å²) >= 11 is 6.15. The zero-order chi connectivity index (χ0) is 11.5. The summed E-state index contributed by atoms with van der Waals surface area (Å²) in [4.78, 5) is 4.06. The molecule has 2 rings (SSSR count). The van der Waals surface area contributed by atoms with Crippen LogP contribution >= 0.6 is 11.6 Å². The van der Waals surface area contributed by atoms with E-state index < -0.39 is 0 Å². The van der Waals surface area contributed by atoms with Crippen molar-refractivity contribution in [2.45, 2.75) is 20.0 Å². The van der Waals surface area contributed by atoms with E-state index in [0.717, 1.165) is 22.0 Å². The van der Waals surface area contributed by atoms with Crippen molar-refractivity contribution in [2.75, 3.05) is 0 Å². The quantitative estimate of drug-likeness (QED) is 0.883. The minimum Gasteiger partial charge on any atom is -0.324 e. The molecule has 1 aromatic carbocycles. The van der Waals surface area contributed by atoms with Crippen molar-refractivity contribution in [3.05, 3.63) is 46.5 Å². The molecule has 0 radical (unpaired) electrons. The molecule has 1 heterocycles. The first kappa shape index (κ1) is 11.1. The van der Waals surface area contributed by atoms with Crippen LogP contribution in [0.5, 0.6) is 0 Å². The van der Waals surface area contributed by atoms with Gasteiger partial charge in [0.1, 0.15) is 12.2 Å². The SMILES string of the molecule is Cc1ccc(Cn2ncnc2CN)c(Cl)c1. The van der Waals surface area contributed by atoms with Crippen molar-refractivity contribution < 1.29 is 0 Å². The summed E-state index contributed by atoms with van der Waals surface area (Å²) in [5.74, 6) is 0.761. The molecule has 0 amide bonds. The lowest BCUT2D eigenvalue weighted by atomic mass is 10.1. The van der Waals surface area contributed by atoms with E-state index >= 15 is 0 Å². The van der Waals surface area contributed by atoms with E-state index in [1.807, 2.05) is 25.1 Å². The Hall–Kier alpha value is -1.39. The van der Waals surface area contributed by atoms with Gasteiger partial charge in [0, 0.05) is 5.02 Å². The second-order valence-electron chi connectivity index (χ2n) is 3.63. The average molecular weight is 237 g/mol. The molecule has 0 unspecified atom stereocenters. The van der Waals surface area contributed by atoms with Gasteiger partial charge in [-0.15, -0.1) is 0 Å². The standard InChI is InChI=1S/C11H13ClN4/c1-8-2-3-9(10(12)4-8)6-16-11(5-13)14-7-15-16/h2-4,7H,5-6,13H2,1H3. The van der Waals surface area contributed by atoms with Gasteiger partial charge in [-0.25, -0.2) is 9.67 Å². The van der Waals surface area contributed by atoms with Crippen molar-refractivity contribution in [3.8, 4) is 0 Å². The van der Waals surface area contributed by atoms with Crippen molar-refractivity contribution >= 4 is 11.6 Å². The Kier molecular flexibility index (Phi) is 3.22. The highest BCUT2D eigenvalue weighted by Crippen LogP contribution is 2.18. The van der Waals surface area contributed by atoms with Gasteiger partial charge in [-0.1, -0.05) is 23.7 Å². The molecule has 0 fully saturated rings. The summed E-state index contributed by atoms with van der Waals surface area (Å²) in [6.45, 7) is 2.99. The van der Waals surface area contributed by atoms with Gasteiger partial charge in [0.2, 0.25) is 0 Å². The van der Waals surface area contributed by atoms with Crippen LogP contribution in [0.2, 0.25) is 5.02 Å². The first-order chi connectivity index (χ1) is 7.70. The van der Waals surface area contributed by atoms with Gasteiger partial charge in [0.25, 0.3) is 0 Å². The third-order valence-corrected chi connectivity index (χ3v) is 2.76. The first-order valence-electron chi connectivity index (χ1n) is 5.02. The predicted molar refractivity (Wildman–Crippen MR) is 63.2 cm³/mol. The van der Waals surface area contributed by atoms with Gasteiger partial charge >= 0.3 is 0 Å². The van der Waals surface area contributed by atoms with Crippen LogP contribution in [0.25, 0.3) is 0 Å². The van der Waals surface area contributed by atoms with Crippen LogP contribution in [0.3, 0.4) is 0 Å². The zero-order valence-corrected chi connectivity index (χ0v) is 9.78. The fraction of sp³-hybridized carbons (Fsp3) is 0.273. The van der Waals surface area contributed by atoms with Gasteiger partial charge in [-0.05, 0) is 24.1 Å². The van der Waals surface area contributed by atoms with Crippen molar-refractivity contribution in [3.63, 3.8) is 0 Å². The Balaban J connectivity index is 2.27. The second kappa shape index (κ2) is 4.63. The molecular weight excluding hydrogens is 224 g/mol. The molecule has 0 atom stereocenters. The van der Waals surface area contributed by atoms with Crippen molar-refractivity contribution in [1.82, 2.24) is 14.8 Å². The zero-order valence-electron chi connectivity index (χ0n) is 9.02. The minimum absolute atomic E-state index is 0.378. The lowest BCUT2D eigenvalue weighted by Crippen LogP contribution is -2.11. The maximum Gasteiger partial charge on any atom is 0.140 e. The van der Waals surface area contributed by atoms with Gasteiger partial charge in [-0.2, -0.15) is 5.10 Å². The number of rotatable bonds is 3. The summed E-state index contributed by atoms with van der Waals surface area (Å²) in [6, 6.07) is 5.97. The number of hydrogen-bond acceptors (Lipinski definition) is 3. The number of aromatic nitrogens is 3. The lowest BCUT2D eigenvalue weighted by molar-refractivity contribution is 0.639. The monoisotopic (exact) mass is 236 g/mol. The maximum atomic E-state index is 6.15. The smallest absolute Gasteiger partial charge is 0.140 e. The Labute approximate surface area is 99.1 Å². The Morgan fingerprint density at radius 1 is 1.44 bits per heavy atom. The van der Waals surface area contributed by atoms with Crippen molar-refractivity contribution in [2.24, 2.45) is 5.73 Å². The molecule has 0 saturated carbocycles. The van der Waals surface area contributed by atoms with Crippen molar-refractivity contribution in [1.29, 1.82) is 0 Å². The molecule has 0 bridgehead atoms. The average Bonchev–Trinajstić information content (AvgIpc) is 2.69. The molecule has 2 N–H and O–H groups in total. The predicted octanol–water partition coefficient (Wildman–Crippen LogP) is 1.75. The summed E-state index contributed by atoms with van der Waals surface area (Å²) in [6.07, 6.45) is 1.50. The van der Waals surface area contributed by atoms with Crippen LogP contribution in [0.4, 0.5) is 0 Å². The van der Waals surface area contributed by atoms with E-state index in [9.17, 15) is 0 Å².